The van der Waals surface area contributed by atoms with Gasteiger partial charge < -0.3 is 19.7 Å². The maximum Gasteiger partial charge on any atom is 0.353 e. The van der Waals surface area contributed by atoms with Crippen LogP contribution in [0.2, 0.25) is 0 Å². The molecule has 1 atom stereocenters. The molecule has 0 bridgehead atoms. The number of carboxylic acids is 2. The molecule has 0 aliphatic rings. The number of carbonyl (C=O) groups is 3. The molecule has 0 aromatic carbocycles. The van der Waals surface area contributed by atoms with Crippen molar-refractivity contribution < 1.29 is 38.5 Å². The molecule has 0 saturated heterocycles. The summed E-state index contributed by atoms with van der Waals surface area (Å²) in [6, 6.07) is 0. The van der Waals surface area contributed by atoms with Crippen LogP contribution in [0.4, 0.5) is 4.39 Å². The van der Waals surface area contributed by atoms with Crippen LogP contribution in [0.5, 0.6) is 0 Å². The Hall–Kier alpha value is -1.96. The smallest absolute Gasteiger partial charge is 0.353 e. The molecule has 0 aromatic heterocycles. The largest absolute Gasteiger partial charge is 0.478 e. The maximum absolute atomic E-state index is 14.1. The number of esters is 1. The van der Waals surface area contributed by atoms with Crippen LogP contribution >= 0.6 is 0 Å². The van der Waals surface area contributed by atoms with Crippen LogP contribution in [0, 0.1) is 0 Å². The van der Waals surface area contributed by atoms with Crippen molar-refractivity contribution in [1.82, 2.24) is 0 Å². The Morgan fingerprint density at radius 1 is 0.848 bits per heavy atom. The molecule has 7 nitrogen and oxygen atoms in total. The molecule has 0 radical (unpaired) electrons. The lowest BCUT2D eigenvalue weighted by Crippen LogP contribution is -2.46. The Bertz CT molecular complexity index is 563. The van der Waals surface area contributed by atoms with Crippen molar-refractivity contribution in [1.29, 1.82) is 0 Å². The lowest BCUT2D eigenvalue weighted by atomic mass is 9.98. The van der Waals surface area contributed by atoms with Gasteiger partial charge in [0.05, 0.1) is 6.10 Å². The number of rotatable bonds is 22. The Morgan fingerprint density at radius 3 is 1.82 bits per heavy atom. The van der Waals surface area contributed by atoms with E-state index in [1.54, 1.807) is 0 Å². The molecule has 2 N–H and O–H groups in total. The van der Waals surface area contributed by atoms with E-state index in [0.29, 0.717) is 6.42 Å². The van der Waals surface area contributed by atoms with Crippen LogP contribution in [0.1, 0.15) is 103 Å². The number of halogens is 1. The summed E-state index contributed by atoms with van der Waals surface area (Å²) in [5.74, 6) is -4.72. The minimum absolute atomic E-state index is 0.202. The van der Waals surface area contributed by atoms with Gasteiger partial charge in [-0.25, -0.2) is 14.0 Å². The number of unbranched alkanes of at least 4 members (excludes halogenated alkanes) is 11. The van der Waals surface area contributed by atoms with Gasteiger partial charge in [0.15, 0.2) is 0 Å². The quantitative estimate of drug-likeness (QED) is 0.0876. The molecule has 0 amide bonds. The molecule has 192 valence electrons. The Morgan fingerprint density at radius 2 is 1.33 bits per heavy atom. The number of ether oxygens (including phenoxy) is 2. The fraction of sp³-hybridized carbons (Fsp3) is 0.800. The minimum atomic E-state index is -3.49. The first-order valence-corrected chi connectivity index (χ1v) is 12.3. The highest BCUT2D eigenvalue weighted by Gasteiger charge is 2.49. The standard InChI is InChI=1S/C25H43FO7/c1-3-4-5-6-7-8-9-10-11-12-13-14-15-16-17-18-22(27)33-20-21(32-2)19-25(26,23(28)29)24(30)31/h10-11,21H,3-9,12-20H2,1-2H3,(H,28,29)(H,30,31)/b11-10-/t21-/m0/s1. The molecule has 0 fully saturated rings. The van der Waals surface area contributed by atoms with Crippen LogP contribution in [-0.2, 0) is 23.9 Å². The Balaban J connectivity index is 3.77. The van der Waals surface area contributed by atoms with Crippen molar-refractivity contribution in [3.05, 3.63) is 12.2 Å². The minimum Gasteiger partial charge on any atom is -0.478 e. The second-order valence-corrected chi connectivity index (χ2v) is 8.49. The van der Waals surface area contributed by atoms with Gasteiger partial charge in [-0.05, 0) is 32.1 Å². The van der Waals surface area contributed by atoms with Crippen molar-refractivity contribution >= 4 is 17.9 Å². The molecule has 0 heterocycles. The molecule has 8 heteroatoms. The number of hydrogen-bond donors (Lipinski definition) is 2. The van der Waals surface area contributed by atoms with E-state index in [2.05, 4.69) is 19.1 Å². The molecule has 0 spiro atoms. The molecule has 0 unspecified atom stereocenters. The summed E-state index contributed by atoms with van der Waals surface area (Å²) in [6.45, 7) is 1.83. The molecule has 0 saturated carbocycles. The lowest BCUT2D eigenvalue weighted by molar-refractivity contribution is -0.171. The van der Waals surface area contributed by atoms with Crippen LogP contribution < -0.4 is 0 Å². The van der Waals surface area contributed by atoms with Gasteiger partial charge in [0.25, 0.3) is 0 Å². The van der Waals surface area contributed by atoms with E-state index in [1.807, 2.05) is 0 Å². The van der Waals surface area contributed by atoms with E-state index < -0.39 is 42.7 Å². The zero-order valence-corrected chi connectivity index (χ0v) is 20.4. The highest BCUT2D eigenvalue weighted by atomic mass is 19.1. The first-order valence-electron chi connectivity index (χ1n) is 12.3. The third kappa shape index (κ3) is 15.5. The third-order valence-corrected chi connectivity index (χ3v) is 5.59. The number of carbonyl (C=O) groups excluding carboxylic acids is 1. The Kier molecular flexibility index (Phi) is 18.3. The predicted octanol–water partition coefficient (Wildman–Crippen LogP) is 5.85. The van der Waals surface area contributed by atoms with Crippen molar-refractivity contribution in [3.8, 4) is 0 Å². The average Bonchev–Trinajstić information content (AvgIpc) is 2.78. The molecule has 33 heavy (non-hydrogen) atoms. The number of allylic oxidation sites excluding steroid dienone is 2. The molecule has 0 aliphatic heterocycles. The van der Waals surface area contributed by atoms with Gasteiger partial charge in [0.1, 0.15) is 6.61 Å². The summed E-state index contributed by atoms with van der Waals surface area (Å²) >= 11 is 0. The van der Waals surface area contributed by atoms with E-state index >= 15 is 0 Å². The van der Waals surface area contributed by atoms with E-state index in [4.69, 9.17) is 19.7 Å². The van der Waals surface area contributed by atoms with E-state index in [0.717, 1.165) is 38.5 Å². The maximum atomic E-state index is 14.1. The van der Waals surface area contributed by atoms with Gasteiger partial charge in [-0.2, -0.15) is 0 Å². The summed E-state index contributed by atoms with van der Waals surface area (Å²) in [5.41, 5.74) is -3.49. The van der Waals surface area contributed by atoms with E-state index in [9.17, 15) is 18.8 Å². The van der Waals surface area contributed by atoms with Crippen LogP contribution in [0.25, 0.3) is 0 Å². The lowest BCUT2D eigenvalue weighted by Gasteiger charge is -2.21. The second kappa shape index (κ2) is 19.5. The summed E-state index contributed by atoms with van der Waals surface area (Å²) < 4.78 is 24.0. The zero-order chi connectivity index (χ0) is 25.0. The van der Waals surface area contributed by atoms with Gasteiger partial charge in [-0.3, -0.25) is 4.79 Å². The number of hydrogen-bond acceptors (Lipinski definition) is 5. The zero-order valence-electron chi connectivity index (χ0n) is 20.4. The topological polar surface area (TPSA) is 110 Å². The Labute approximate surface area is 197 Å². The van der Waals surface area contributed by atoms with Crippen molar-refractivity contribution in [3.63, 3.8) is 0 Å². The first-order chi connectivity index (χ1) is 15.8. The van der Waals surface area contributed by atoms with Gasteiger partial charge in [-0.15, -0.1) is 0 Å². The second-order valence-electron chi connectivity index (χ2n) is 8.49. The summed E-state index contributed by atoms with van der Waals surface area (Å²) in [4.78, 5) is 33.6. The third-order valence-electron chi connectivity index (χ3n) is 5.59. The van der Waals surface area contributed by atoms with Gasteiger partial charge in [0, 0.05) is 20.0 Å². The van der Waals surface area contributed by atoms with Crippen molar-refractivity contribution in [2.24, 2.45) is 0 Å². The number of methoxy groups -OCH3 is 1. The normalized spacial score (nSPS) is 12.7. The molecule has 0 aromatic rings. The van der Waals surface area contributed by atoms with Gasteiger partial charge in [0.2, 0.25) is 0 Å². The first kappa shape index (κ1) is 31.0. The number of carboxylic acid groups (broad SMARTS) is 2. The number of aliphatic carboxylic acids is 2. The summed E-state index contributed by atoms with van der Waals surface area (Å²) in [7, 11) is 1.17. The highest BCUT2D eigenvalue weighted by molar-refractivity contribution is 6.01. The van der Waals surface area contributed by atoms with Gasteiger partial charge in [-0.1, -0.05) is 70.4 Å². The molecular weight excluding hydrogens is 431 g/mol. The highest BCUT2D eigenvalue weighted by Crippen LogP contribution is 2.21. The summed E-state index contributed by atoms with van der Waals surface area (Å²) in [6.07, 6.45) is 17.6. The molecule has 0 rings (SSSR count). The van der Waals surface area contributed by atoms with E-state index in [-0.39, 0.29) is 6.42 Å². The van der Waals surface area contributed by atoms with Crippen molar-refractivity contribution in [2.45, 2.75) is 115 Å². The predicted molar refractivity (Wildman–Crippen MR) is 125 cm³/mol. The fourth-order valence-corrected chi connectivity index (χ4v) is 3.39. The molecule has 0 aliphatic carbocycles. The monoisotopic (exact) mass is 474 g/mol. The van der Waals surface area contributed by atoms with Crippen molar-refractivity contribution in [2.75, 3.05) is 13.7 Å². The summed E-state index contributed by atoms with van der Waals surface area (Å²) in [5, 5.41) is 17.6. The number of alkyl halides is 1. The fourth-order valence-electron chi connectivity index (χ4n) is 3.39. The van der Waals surface area contributed by atoms with E-state index in [1.165, 1.54) is 45.6 Å². The van der Waals surface area contributed by atoms with Crippen LogP contribution in [0.15, 0.2) is 12.2 Å². The molecular formula is C25H43FO7. The van der Waals surface area contributed by atoms with Crippen LogP contribution in [0.3, 0.4) is 0 Å². The van der Waals surface area contributed by atoms with Crippen LogP contribution in [-0.4, -0.2) is 53.6 Å². The van der Waals surface area contributed by atoms with Gasteiger partial charge >= 0.3 is 23.6 Å². The average molecular weight is 475 g/mol. The SMILES string of the molecule is CCCCCCCC/C=C\CCCCCCCC(=O)OC[C@H](CC(F)(C(=O)O)C(=O)O)OC.